The first-order valence-corrected chi connectivity index (χ1v) is 7.52. The lowest BCUT2D eigenvalue weighted by Gasteiger charge is -2.13. The number of nitrogen functional groups attached to an aromatic ring is 1. The highest BCUT2D eigenvalue weighted by Gasteiger charge is 2.32. The number of cyclic esters (lactones) is 1. The van der Waals surface area contributed by atoms with Gasteiger partial charge in [0.15, 0.2) is 6.10 Å². The number of fused-ring (bicyclic) bond motifs is 1. The van der Waals surface area contributed by atoms with Crippen LogP contribution in [0.4, 0.5) is 5.69 Å². The van der Waals surface area contributed by atoms with Crippen LogP contribution >= 0.6 is 0 Å². The van der Waals surface area contributed by atoms with Gasteiger partial charge >= 0.3 is 5.97 Å². The molecule has 22 heavy (non-hydrogen) atoms. The highest BCUT2D eigenvalue weighted by atomic mass is 16.5. The zero-order valence-electron chi connectivity index (χ0n) is 12.5. The molecule has 0 amide bonds. The zero-order valence-corrected chi connectivity index (χ0v) is 12.5. The molecule has 1 aliphatic rings. The number of anilines is 1. The Bertz CT molecular complexity index is 696. The average molecular weight is 297 g/mol. The monoisotopic (exact) mass is 297 g/mol. The summed E-state index contributed by atoms with van der Waals surface area (Å²) in [5, 5.41) is 0. The minimum atomic E-state index is -0.391. The topological polar surface area (TPSA) is 61.5 Å². The lowest BCUT2D eigenvalue weighted by molar-refractivity contribution is 0.0455. The summed E-state index contributed by atoms with van der Waals surface area (Å²) in [6.45, 7) is 2.82. The van der Waals surface area contributed by atoms with Gasteiger partial charge in [-0.05, 0) is 30.7 Å². The van der Waals surface area contributed by atoms with Crippen molar-refractivity contribution in [3.05, 3.63) is 59.2 Å². The number of rotatable bonds is 5. The van der Waals surface area contributed by atoms with E-state index in [-0.39, 0.29) is 5.97 Å². The summed E-state index contributed by atoms with van der Waals surface area (Å²) in [4.78, 5) is 12.0. The van der Waals surface area contributed by atoms with Crippen molar-refractivity contribution in [1.82, 2.24) is 0 Å². The van der Waals surface area contributed by atoms with Crippen molar-refractivity contribution in [2.24, 2.45) is 0 Å². The van der Waals surface area contributed by atoms with Crippen molar-refractivity contribution < 1.29 is 14.3 Å². The smallest absolute Gasteiger partial charge is 0.339 e. The molecular weight excluding hydrogens is 278 g/mol. The molecular formula is C18H19NO3. The van der Waals surface area contributed by atoms with Crippen LogP contribution in [0.15, 0.2) is 42.5 Å². The van der Waals surface area contributed by atoms with E-state index in [1.165, 1.54) is 0 Å². The maximum atomic E-state index is 12.0. The second-order valence-electron chi connectivity index (χ2n) is 5.41. The Balaban J connectivity index is 1.87. The molecule has 0 saturated heterocycles. The predicted octanol–water partition coefficient (Wildman–Crippen LogP) is 3.71. The molecule has 0 bridgehead atoms. The number of hydrogen-bond acceptors (Lipinski definition) is 4. The molecule has 2 aromatic carbocycles. The number of ether oxygens (including phenoxy) is 2. The van der Waals surface area contributed by atoms with E-state index in [4.69, 9.17) is 15.2 Å². The first kappa shape index (κ1) is 14.4. The van der Waals surface area contributed by atoms with Gasteiger partial charge in [0.1, 0.15) is 5.75 Å². The molecule has 3 rings (SSSR count). The van der Waals surface area contributed by atoms with Gasteiger partial charge in [0.25, 0.3) is 0 Å². The van der Waals surface area contributed by atoms with Gasteiger partial charge in [-0.2, -0.15) is 0 Å². The van der Waals surface area contributed by atoms with Crippen molar-refractivity contribution in [1.29, 1.82) is 0 Å². The fourth-order valence-corrected chi connectivity index (χ4v) is 2.56. The molecule has 4 nitrogen and oxygen atoms in total. The van der Waals surface area contributed by atoms with Gasteiger partial charge in [-0.25, -0.2) is 4.79 Å². The van der Waals surface area contributed by atoms with E-state index in [1.807, 2.05) is 30.3 Å². The molecule has 1 unspecified atom stereocenters. The fourth-order valence-electron chi connectivity index (χ4n) is 2.56. The Hall–Kier alpha value is -2.49. The number of unbranched alkanes of at least 4 members (excludes halogenated alkanes) is 1. The van der Waals surface area contributed by atoms with Gasteiger partial charge in [-0.3, -0.25) is 0 Å². The third-order valence-electron chi connectivity index (χ3n) is 3.73. The Labute approximate surface area is 129 Å². The Kier molecular flexibility index (Phi) is 4.00. The number of carbonyl (C=O) groups excluding carboxylic acids is 1. The van der Waals surface area contributed by atoms with Gasteiger partial charge in [-0.15, -0.1) is 0 Å². The van der Waals surface area contributed by atoms with E-state index in [1.54, 1.807) is 12.1 Å². The molecule has 0 aromatic heterocycles. The summed E-state index contributed by atoms with van der Waals surface area (Å²) in [7, 11) is 0. The van der Waals surface area contributed by atoms with Gasteiger partial charge in [0.05, 0.1) is 12.2 Å². The first-order valence-electron chi connectivity index (χ1n) is 7.52. The van der Waals surface area contributed by atoms with Crippen LogP contribution in [0.1, 0.15) is 47.4 Å². The minimum Gasteiger partial charge on any atom is -0.494 e. The van der Waals surface area contributed by atoms with Crippen molar-refractivity contribution in [3.63, 3.8) is 0 Å². The molecule has 2 N–H and O–H groups in total. The highest BCUT2D eigenvalue weighted by Crippen LogP contribution is 2.37. The van der Waals surface area contributed by atoms with E-state index in [2.05, 4.69) is 6.92 Å². The maximum Gasteiger partial charge on any atom is 0.339 e. The SMILES string of the molecule is CCCCOc1cccc(C2OC(=O)c3cc(N)ccc32)c1. The van der Waals surface area contributed by atoms with Crippen LogP contribution < -0.4 is 10.5 Å². The van der Waals surface area contributed by atoms with Crippen LogP contribution in [0, 0.1) is 0 Å². The second-order valence-corrected chi connectivity index (χ2v) is 5.41. The number of hydrogen-bond donors (Lipinski definition) is 1. The van der Waals surface area contributed by atoms with Gasteiger partial charge in [0.2, 0.25) is 0 Å². The summed E-state index contributed by atoms with van der Waals surface area (Å²) in [6.07, 6.45) is 1.72. The Morgan fingerprint density at radius 3 is 2.91 bits per heavy atom. The van der Waals surface area contributed by atoms with E-state index >= 15 is 0 Å². The molecule has 1 aliphatic heterocycles. The minimum absolute atomic E-state index is 0.329. The summed E-state index contributed by atoms with van der Waals surface area (Å²) in [6, 6.07) is 13.0. The van der Waals surface area contributed by atoms with Crippen LogP contribution in [-0.2, 0) is 4.74 Å². The average Bonchev–Trinajstić information content (AvgIpc) is 2.85. The lowest BCUT2D eigenvalue weighted by Crippen LogP contribution is -2.02. The Morgan fingerprint density at radius 2 is 2.09 bits per heavy atom. The van der Waals surface area contributed by atoms with Crippen molar-refractivity contribution >= 4 is 11.7 Å². The molecule has 0 spiro atoms. The van der Waals surface area contributed by atoms with Crippen LogP contribution in [-0.4, -0.2) is 12.6 Å². The summed E-state index contributed by atoms with van der Waals surface area (Å²) < 4.78 is 11.2. The normalized spacial score (nSPS) is 16.2. The quantitative estimate of drug-likeness (QED) is 0.519. The van der Waals surface area contributed by atoms with Crippen LogP contribution in [0.25, 0.3) is 0 Å². The molecule has 0 aliphatic carbocycles. The summed E-state index contributed by atoms with van der Waals surface area (Å²) >= 11 is 0. The third kappa shape index (κ3) is 2.77. The largest absolute Gasteiger partial charge is 0.494 e. The number of nitrogens with two attached hydrogens (primary N) is 1. The van der Waals surface area contributed by atoms with Crippen molar-refractivity contribution in [2.45, 2.75) is 25.9 Å². The number of benzene rings is 2. The molecule has 4 heteroatoms. The molecule has 1 atom stereocenters. The van der Waals surface area contributed by atoms with Gasteiger partial charge in [0, 0.05) is 16.8 Å². The molecule has 0 saturated carbocycles. The molecule has 2 aromatic rings. The molecule has 114 valence electrons. The third-order valence-corrected chi connectivity index (χ3v) is 3.73. The first-order chi connectivity index (χ1) is 10.7. The van der Waals surface area contributed by atoms with Gasteiger partial charge < -0.3 is 15.2 Å². The Morgan fingerprint density at radius 1 is 1.23 bits per heavy atom. The molecule has 0 fully saturated rings. The van der Waals surface area contributed by atoms with Gasteiger partial charge in [-0.1, -0.05) is 31.5 Å². The van der Waals surface area contributed by atoms with E-state index in [9.17, 15) is 4.79 Å². The van der Waals surface area contributed by atoms with Crippen LogP contribution in [0.5, 0.6) is 5.75 Å². The second kappa shape index (κ2) is 6.10. The lowest BCUT2D eigenvalue weighted by atomic mass is 9.99. The molecule has 1 heterocycles. The van der Waals surface area contributed by atoms with Crippen LogP contribution in [0.3, 0.4) is 0 Å². The molecule has 0 radical (unpaired) electrons. The van der Waals surface area contributed by atoms with E-state index in [0.29, 0.717) is 17.9 Å². The van der Waals surface area contributed by atoms with Crippen LogP contribution in [0.2, 0.25) is 0 Å². The highest BCUT2D eigenvalue weighted by molar-refractivity contribution is 5.95. The summed E-state index contributed by atoms with van der Waals surface area (Å²) in [5.41, 5.74) is 8.61. The number of carbonyl (C=O) groups is 1. The summed E-state index contributed by atoms with van der Waals surface area (Å²) in [5.74, 6) is 0.468. The maximum absolute atomic E-state index is 12.0. The fraction of sp³-hybridized carbons (Fsp3) is 0.278. The van der Waals surface area contributed by atoms with E-state index < -0.39 is 6.10 Å². The standard InChI is InChI=1S/C18H19NO3/c1-2-3-9-21-14-6-4-5-12(10-14)17-15-8-7-13(19)11-16(15)18(20)22-17/h4-8,10-11,17H,2-3,9,19H2,1H3. The van der Waals surface area contributed by atoms with E-state index in [0.717, 1.165) is 29.7 Å². The van der Waals surface area contributed by atoms with Crippen molar-refractivity contribution in [2.75, 3.05) is 12.3 Å². The number of esters is 1. The predicted molar refractivity (Wildman–Crippen MR) is 85.0 cm³/mol. The zero-order chi connectivity index (χ0) is 15.5. The van der Waals surface area contributed by atoms with Crippen molar-refractivity contribution in [3.8, 4) is 5.75 Å².